The number of nitrogens with one attached hydrogen (secondary N) is 1. The summed E-state index contributed by atoms with van der Waals surface area (Å²) in [6, 6.07) is 3.69. The SMILES string of the molecule is CNc1cc(OC)c(OCCCN2CCCC2)cc1N. The first-order chi connectivity index (χ1) is 9.74. The monoisotopic (exact) mass is 279 g/mol. The van der Waals surface area contributed by atoms with Crippen molar-refractivity contribution < 1.29 is 9.47 Å². The molecule has 0 aromatic heterocycles. The molecule has 0 amide bonds. The van der Waals surface area contributed by atoms with Gasteiger partial charge in [0.2, 0.25) is 0 Å². The third-order valence-electron chi connectivity index (χ3n) is 3.68. The van der Waals surface area contributed by atoms with Gasteiger partial charge in [0.1, 0.15) is 0 Å². The van der Waals surface area contributed by atoms with Crippen molar-refractivity contribution in [2.45, 2.75) is 19.3 Å². The second-order valence-corrected chi connectivity index (χ2v) is 5.09. The fraction of sp³-hybridized carbons (Fsp3) is 0.600. The van der Waals surface area contributed by atoms with Gasteiger partial charge in [-0.15, -0.1) is 0 Å². The Balaban J connectivity index is 1.86. The van der Waals surface area contributed by atoms with Crippen LogP contribution in [-0.4, -0.2) is 45.3 Å². The molecule has 0 aliphatic carbocycles. The Bertz CT molecular complexity index is 431. The van der Waals surface area contributed by atoms with Crippen LogP contribution in [0.4, 0.5) is 11.4 Å². The van der Waals surface area contributed by atoms with Crippen LogP contribution in [0.1, 0.15) is 19.3 Å². The zero-order valence-corrected chi connectivity index (χ0v) is 12.4. The lowest BCUT2D eigenvalue weighted by Crippen LogP contribution is -2.21. The fourth-order valence-electron chi connectivity index (χ4n) is 2.54. The van der Waals surface area contributed by atoms with E-state index in [1.807, 2.05) is 19.2 Å². The van der Waals surface area contributed by atoms with Crippen LogP contribution in [0, 0.1) is 0 Å². The molecule has 1 aromatic rings. The van der Waals surface area contributed by atoms with Crippen molar-refractivity contribution >= 4 is 11.4 Å². The van der Waals surface area contributed by atoms with E-state index < -0.39 is 0 Å². The Morgan fingerprint density at radius 2 is 2.00 bits per heavy atom. The standard InChI is InChI=1S/C15H25N3O2/c1-17-13-11-14(19-2)15(10-12(13)16)20-9-5-8-18-6-3-4-7-18/h10-11,17H,3-9,16H2,1-2H3. The Labute approximate surface area is 121 Å². The molecular weight excluding hydrogens is 254 g/mol. The number of hydrogen-bond donors (Lipinski definition) is 2. The van der Waals surface area contributed by atoms with Crippen LogP contribution in [0.5, 0.6) is 11.5 Å². The summed E-state index contributed by atoms with van der Waals surface area (Å²) in [7, 11) is 3.48. The summed E-state index contributed by atoms with van der Waals surface area (Å²) in [4.78, 5) is 2.49. The maximum absolute atomic E-state index is 5.95. The van der Waals surface area contributed by atoms with Crippen molar-refractivity contribution in [1.29, 1.82) is 0 Å². The van der Waals surface area contributed by atoms with Crippen LogP contribution in [0.3, 0.4) is 0 Å². The number of methoxy groups -OCH3 is 1. The topological polar surface area (TPSA) is 59.8 Å². The molecule has 1 fully saturated rings. The normalized spacial score (nSPS) is 15.3. The van der Waals surface area contributed by atoms with Crippen LogP contribution in [-0.2, 0) is 0 Å². The number of nitrogens with two attached hydrogens (primary N) is 1. The third-order valence-corrected chi connectivity index (χ3v) is 3.68. The number of hydrogen-bond acceptors (Lipinski definition) is 5. The molecule has 1 heterocycles. The predicted molar refractivity (Wildman–Crippen MR) is 82.7 cm³/mol. The Kier molecular flexibility index (Phi) is 5.35. The van der Waals surface area contributed by atoms with E-state index in [9.17, 15) is 0 Å². The quantitative estimate of drug-likeness (QED) is 0.592. The average Bonchev–Trinajstić information content (AvgIpc) is 2.97. The fourth-order valence-corrected chi connectivity index (χ4v) is 2.54. The molecule has 1 aromatic carbocycles. The lowest BCUT2D eigenvalue weighted by atomic mass is 10.2. The van der Waals surface area contributed by atoms with Gasteiger partial charge in [-0.3, -0.25) is 0 Å². The highest BCUT2D eigenvalue weighted by atomic mass is 16.5. The maximum atomic E-state index is 5.95. The summed E-state index contributed by atoms with van der Waals surface area (Å²) in [5.41, 5.74) is 7.48. The minimum atomic E-state index is 0.669. The Morgan fingerprint density at radius 3 is 2.65 bits per heavy atom. The van der Waals surface area contributed by atoms with Crippen LogP contribution in [0.2, 0.25) is 0 Å². The zero-order valence-electron chi connectivity index (χ0n) is 12.4. The Hall–Kier alpha value is -1.62. The molecule has 0 atom stereocenters. The first-order valence-corrected chi connectivity index (χ1v) is 7.25. The Morgan fingerprint density at radius 1 is 1.25 bits per heavy atom. The van der Waals surface area contributed by atoms with Gasteiger partial charge in [-0.1, -0.05) is 0 Å². The molecule has 0 bridgehead atoms. The molecule has 112 valence electrons. The van der Waals surface area contributed by atoms with E-state index in [2.05, 4.69) is 10.2 Å². The van der Waals surface area contributed by atoms with Gasteiger partial charge in [0.25, 0.3) is 0 Å². The number of ether oxygens (including phenoxy) is 2. The van der Waals surface area contributed by atoms with E-state index in [0.717, 1.165) is 18.7 Å². The minimum Gasteiger partial charge on any atom is -0.493 e. The molecule has 2 rings (SSSR count). The maximum Gasteiger partial charge on any atom is 0.163 e. The highest BCUT2D eigenvalue weighted by Gasteiger charge is 2.12. The molecule has 3 N–H and O–H groups in total. The summed E-state index contributed by atoms with van der Waals surface area (Å²) >= 11 is 0. The van der Waals surface area contributed by atoms with Gasteiger partial charge in [0.05, 0.1) is 25.1 Å². The highest BCUT2D eigenvalue weighted by Crippen LogP contribution is 2.34. The van der Waals surface area contributed by atoms with E-state index in [0.29, 0.717) is 23.8 Å². The van der Waals surface area contributed by atoms with E-state index in [4.69, 9.17) is 15.2 Å². The molecule has 5 heteroatoms. The van der Waals surface area contributed by atoms with Gasteiger partial charge in [0, 0.05) is 25.7 Å². The van der Waals surface area contributed by atoms with Gasteiger partial charge in [0.15, 0.2) is 11.5 Å². The molecule has 5 nitrogen and oxygen atoms in total. The van der Waals surface area contributed by atoms with Crippen LogP contribution < -0.4 is 20.5 Å². The average molecular weight is 279 g/mol. The summed E-state index contributed by atoms with van der Waals surface area (Å²) in [5, 5.41) is 3.03. The highest BCUT2D eigenvalue weighted by molar-refractivity contribution is 5.71. The van der Waals surface area contributed by atoms with E-state index in [1.165, 1.54) is 25.9 Å². The molecule has 0 radical (unpaired) electrons. The first kappa shape index (κ1) is 14.8. The van der Waals surface area contributed by atoms with Crippen LogP contribution in [0.25, 0.3) is 0 Å². The van der Waals surface area contributed by atoms with E-state index in [1.54, 1.807) is 7.11 Å². The molecule has 1 aliphatic heterocycles. The first-order valence-electron chi connectivity index (χ1n) is 7.25. The van der Waals surface area contributed by atoms with Crippen molar-refractivity contribution in [3.8, 4) is 11.5 Å². The summed E-state index contributed by atoms with van der Waals surface area (Å²) < 4.78 is 11.2. The minimum absolute atomic E-state index is 0.669. The summed E-state index contributed by atoms with van der Waals surface area (Å²) in [6.07, 6.45) is 3.68. The molecule has 0 saturated carbocycles. The molecule has 0 spiro atoms. The van der Waals surface area contributed by atoms with Crippen molar-refractivity contribution in [1.82, 2.24) is 4.90 Å². The van der Waals surface area contributed by atoms with Crippen molar-refractivity contribution in [3.63, 3.8) is 0 Å². The van der Waals surface area contributed by atoms with Gasteiger partial charge in [-0.25, -0.2) is 0 Å². The molecule has 0 unspecified atom stereocenters. The van der Waals surface area contributed by atoms with Crippen LogP contribution >= 0.6 is 0 Å². The van der Waals surface area contributed by atoms with E-state index in [-0.39, 0.29) is 0 Å². The number of nitrogen functional groups attached to an aromatic ring is 1. The number of likely N-dealkylation sites (tertiary alicyclic amines) is 1. The number of anilines is 2. The summed E-state index contributed by atoms with van der Waals surface area (Å²) in [6.45, 7) is 4.25. The van der Waals surface area contributed by atoms with Gasteiger partial charge < -0.3 is 25.4 Å². The number of nitrogens with zero attached hydrogens (tertiary/aromatic N) is 1. The van der Waals surface area contributed by atoms with Crippen molar-refractivity contribution in [3.05, 3.63) is 12.1 Å². The van der Waals surface area contributed by atoms with Crippen molar-refractivity contribution in [2.24, 2.45) is 0 Å². The summed E-state index contributed by atoms with van der Waals surface area (Å²) in [5.74, 6) is 1.43. The molecule has 1 saturated heterocycles. The third kappa shape index (κ3) is 3.70. The van der Waals surface area contributed by atoms with Gasteiger partial charge >= 0.3 is 0 Å². The number of rotatable bonds is 7. The molecular formula is C15H25N3O2. The second kappa shape index (κ2) is 7.24. The van der Waals surface area contributed by atoms with Gasteiger partial charge in [-0.05, 0) is 32.4 Å². The lowest BCUT2D eigenvalue weighted by Gasteiger charge is -2.16. The second-order valence-electron chi connectivity index (χ2n) is 5.09. The van der Waals surface area contributed by atoms with Crippen molar-refractivity contribution in [2.75, 3.05) is 51.4 Å². The van der Waals surface area contributed by atoms with E-state index >= 15 is 0 Å². The number of benzene rings is 1. The van der Waals surface area contributed by atoms with Gasteiger partial charge in [-0.2, -0.15) is 0 Å². The smallest absolute Gasteiger partial charge is 0.163 e. The largest absolute Gasteiger partial charge is 0.493 e. The predicted octanol–water partition coefficient (Wildman–Crippen LogP) is 2.18. The lowest BCUT2D eigenvalue weighted by molar-refractivity contribution is 0.254. The molecule has 20 heavy (non-hydrogen) atoms. The molecule has 1 aliphatic rings. The zero-order chi connectivity index (χ0) is 14.4. The van der Waals surface area contributed by atoms with Crippen LogP contribution in [0.15, 0.2) is 12.1 Å².